The van der Waals surface area contributed by atoms with E-state index in [1.807, 2.05) is 6.07 Å². The highest BCUT2D eigenvalue weighted by Crippen LogP contribution is 2.40. The van der Waals surface area contributed by atoms with Crippen molar-refractivity contribution in [1.29, 1.82) is 0 Å². The van der Waals surface area contributed by atoms with E-state index >= 15 is 0 Å². The predicted octanol–water partition coefficient (Wildman–Crippen LogP) is 10.7. The Morgan fingerprint density at radius 1 is 0.814 bits per heavy atom. The molecule has 0 unspecified atom stereocenters. The summed E-state index contributed by atoms with van der Waals surface area (Å²) in [6.07, 6.45) is 15.8. The number of anilines is 1. The first-order valence-electron chi connectivity index (χ1n) is 14.9. The Balaban J connectivity index is 1.46. The fourth-order valence-electron chi connectivity index (χ4n) is 5.93. The summed E-state index contributed by atoms with van der Waals surface area (Å²) in [6.45, 7) is 8.90. The maximum absolute atomic E-state index is 6.68. The molecular formula is C40H34N2O. The third-order valence-corrected chi connectivity index (χ3v) is 7.93. The first-order chi connectivity index (χ1) is 21.0. The largest absolute Gasteiger partial charge is 0.457 e. The van der Waals surface area contributed by atoms with E-state index in [2.05, 4.69) is 158 Å². The Morgan fingerprint density at radius 3 is 2.40 bits per heavy atom. The van der Waals surface area contributed by atoms with Gasteiger partial charge in [0.25, 0.3) is 0 Å². The van der Waals surface area contributed by atoms with Crippen molar-refractivity contribution in [3.63, 3.8) is 0 Å². The molecule has 3 nitrogen and oxygen atoms in total. The Hall–Kier alpha value is -5.28. The van der Waals surface area contributed by atoms with Crippen LogP contribution < -0.4 is 9.64 Å². The minimum atomic E-state index is 0.323. The zero-order valence-electron chi connectivity index (χ0n) is 24.5. The first kappa shape index (κ1) is 26.6. The van der Waals surface area contributed by atoms with Crippen LogP contribution in [0.3, 0.4) is 0 Å². The van der Waals surface area contributed by atoms with Crippen LogP contribution in [0.2, 0.25) is 0 Å². The summed E-state index contributed by atoms with van der Waals surface area (Å²) in [5, 5.41) is 2.38. The number of nitrogens with zero attached hydrogens (tertiary/aromatic N) is 1. The van der Waals surface area contributed by atoms with Gasteiger partial charge in [0.1, 0.15) is 11.5 Å². The third kappa shape index (κ3) is 5.26. The predicted molar refractivity (Wildman–Crippen MR) is 182 cm³/mol. The Morgan fingerprint density at radius 2 is 1.58 bits per heavy atom. The van der Waals surface area contributed by atoms with Crippen LogP contribution in [0.25, 0.3) is 39.0 Å². The molecule has 0 aliphatic carbocycles. The molecule has 0 bridgehead atoms. The number of para-hydroxylation sites is 1. The highest BCUT2D eigenvalue weighted by atomic mass is 16.5. The van der Waals surface area contributed by atoms with Crippen molar-refractivity contribution in [2.75, 3.05) is 4.90 Å². The number of H-pyrrole nitrogens is 1. The van der Waals surface area contributed by atoms with Gasteiger partial charge in [-0.2, -0.15) is 0 Å². The Kier molecular flexibility index (Phi) is 6.92. The second kappa shape index (κ2) is 11.2. The summed E-state index contributed by atoms with van der Waals surface area (Å²) in [5.74, 6) is 1.99. The van der Waals surface area contributed by atoms with E-state index in [0.29, 0.717) is 5.92 Å². The van der Waals surface area contributed by atoms with Crippen LogP contribution in [0.15, 0.2) is 157 Å². The van der Waals surface area contributed by atoms with Gasteiger partial charge in [0.2, 0.25) is 0 Å². The molecule has 0 amide bonds. The molecule has 0 fully saturated rings. The number of rotatable bonds is 3. The van der Waals surface area contributed by atoms with E-state index in [1.54, 1.807) is 0 Å². The zero-order valence-corrected chi connectivity index (χ0v) is 24.5. The lowest BCUT2D eigenvalue weighted by atomic mass is 9.98. The molecule has 3 heteroatoms. The fraction of sp³-hybridized carbons (Fsp3) is 0.100. The van der Waals surface area contributed by atoms with Gasteiger partial charge in [0.05, 0.1) is 11.2 Å². The second-order valence-electron chi connectivity index (χ2n) is 11.5. The van der Waals surface area contributed by atoms with Crippen molar-refractivity contribution in [2.45, 2.75) is 20.3 Å². The maximum Gasteiger partial charge on any atom is 0.136 e. The number of allylic oxidation sites excluding steroid dienone is 7. The number of ether oxygens (including phenoxy) is 1. The molecule has 0 saturated heterocycles. The summed E-state index contributed by atoms with van der Waals surface area (Å²) in [4.78, 5) is 5.85. The minimum absolute atomic E-state index is 0.323. The van der Waals surface area contributed by atoms with E-state index < -0.39 is 0 Å². The highest BCUT2D eigenvalue weighted by Gasteiger charge is 2.23. The molecule has 5 aromatic rings. The van der Waals surface area contributed by atoms with E-state index in [0.717, 1.165) is 57.2 Å². The number of nitrogens with one attached hydrogen (secondary N) is 1. The molecule has 1 N–H and O–H groups in total. The molecular weight excluding hydrogens is 524 g/mol. The van der Waals surface area contributed by atoms with Crippen LogP contribution in [0.4, 0.5) is 5.69 Å². The number of fused-ring (bicyclic) bond motifs is 5. The lowest BCUT2D eigenvalue weighted by molar-refractivity contribution is 0.436. The molecule has 43 heavy (non-hydrogen) atoms. The number of hydrogen-bond donors (Lipinski definition) is 1. The molecule has 210 valence electrons. The number of aromatic nitrogens is 1. The van der Waals surface area contributed by atoms with Crippen molar-refractivity contribution >= 4 is 33.6 Å². The molecule has 2 aliphatic heterocycles. The monoisotopic (exact) mass is 558 g/mol. The molecule has 0 atom stereocenters. The molecule has 0 saturated carbocycles. The SMILES string of the molecule is C=C1/C=C\C=C/CC2=C/C(=C/C(C)C)Oc3cc4[nH]c5ccccc5c4cc3/C=C\2N1c1ccc(-c2ccccc2)cc1. The molecule has 3 heterocycles. The van der Waals surface area contributed by atoms with Crippen molar-refractivity contribution in [2.24, 2.45) is 5.92 Å². The molecule has 1 aromatic heterocycles. The topological polar surface area (TPSA) is 28.3 Å². The van der Waals surface area contributed by atoms with Crippen LogP contribution in [-0.4, -0.2) is 4.98 Å². The molecule has 0 radical (unpaired) electrons. The summed E-state index contributed by atoms with van der Waals surface area (Å²) in [7, 11) is 0. The Bertz CT molecular complexity index is 2000. The van der Waals surface area contributed by atoms with Gasteiger partial charge in [-0.3, -0.25) is 0 Å². The molecule has 2 aliphatic rings. The number of aromatic amines is 1. The fourth-order valence-corrected chi connectivity index (χ4v) is 5.93. The molecule has 7 rings (SSSR count). The van der Waals surface area contributed by atoms with Gasteiger partial charge < -0.3 is 14.6 Å². The third-order valence-electron chi connectivity index (χ3n) is 7.93. The summed E-state index contributed by atoms with van der Waals surface area (Å²) >= 11 is 0. The minimum Gasteiger partial charge on any atom is -0.457 e. The summed E-state index contributed by atoms with van der Waals surface area (Å²) < 4.78 is 6.68. The summed E-state index contributed by atoms with van der Waals surface area (Å²) in [6, 6.07) is 32.1. The van der Waals surface area contributed by atoms with E-state index in [9.17, 15) is 0 Å². The Labute approximate surface area is 253 Å². The van der Waals surface area contributed by atoms with Gasteiger partial charge in [0, 0.05) is 39.3 Å². The van der Waals surface area contributed by atoms with Gasteiger partial charge in [-0.1, -0.05) is 99.3 Å². The van der Waals surface area contributed by atoms with Crippen molar-refractivity contribution < 1.29 is 4.74 Å². The standard InChI is InChI=1S/C40H34N2O/c1-27(2)22-34-23-31-15-9-4-6-12-28(3)42(33-20-18-30(19-21-33)29-13-7-5-8-14-29)39(31)25-32-24-36-35-16-10-11-17-37(35)41-38(36)26-40(32)43-34/h4-14,16-27,41H,3,15H2,1-2H3/b9-4-,12-6-,31-23-,34-22-,39-25+. The van der Waals surface area contributed by atoms with Crippen molar-refractivity contribution in [1.82, 2.24) is 4.98 Å². The van der Waals surface area contributed by atoms with E-state index in [4.69, 9.17) is 4.74 Å². The average molecular weight is 559 g/mol. The lowest BCUT2D eigenvalue weighted by Crippen LogP contribution is -2.22. The van der Waals surface area contributed by atoms with Crippen molar-refractivity contribution in [3.05, 3.63) is 162 Å². The van der Waals surface area contributed by atoms with Gasteiger partial charge in [-0.15, -0.1) is 0 Å². The quantitative estimate of drug-likeness (QED) is 0.239. The van der Waals surface area contributed by atoms with Crippen LogP contribution in [0.5, 0.6) is 5.75 Å². The normalized spacial score (nSPS) is 20.0. The second-order valence-corrected chi connectivity index (χ2v) is 11.5. The molecule has 4 aromatic carbocycles. The van der Waals surface area contributed by atoms with Crippen molar-refractivity contribution in [3.8, 4) is 16.9 Å². The zero-order chi connectivity index (χ0) is 29.3. The van der Waals surface area contributed by atoms with E-state index in [1.165, 1.54) is 21.9 Å². The van der Waals surface area contributed by atoms with Gasteiger partial charge in [-0.25, -0.2) is 0 Å². The van der Waals surface area contributed by atoms with Gasteiger partial charge in [0.15, 0.2) is 0 Å². The summed E-state index contributed by atoms with van der Waals surface area (Å²) in [5.41, 5.74) is 9.76. The van der Waals surface area contributed by atoms with E-state index in [-0.39, 0.29) is 0 Å². The molecule has 0 spiro atoms. The maximum atomic E-state index is 6.68. The first-order valence-corrected chi connectivity index (χ1v) is 14.9. The van der Waals surface area contributed by atoms with Crippen LogP contribution >= 0.6 is 0 Å². The van der Waals surface area contributed by atoms with Gasteiger partial charge >= 0.3 is 0 Å². The van der Waals surface area contributed by atoms with Gasteiger partial charge in [-0.05, 0) is 77.6 Å². The smallest absolute Gasteiger partial charge is 0.136 e. The highest BCUT2D eigenvalue weighted by molar-refractivity contribution is 6.08. The average Bonchev–Trinajstić information content (AvgIpc) is 3.39. The number of benzene rings is 4. The lowest BCUT2D eigenvalue weighted by Gasteiger charge is -2.31. The van der Waals surface area contributed by atoms with Crippen LogP contribution in [0.1, 0.15) is 25.8 Å². The van der Waals surface area contributed by atoms with Crippen LogP contribution in [-0.2, 0) is 0 Å². The number of hydrogen-bond acceptors (Lipinski definition) is 2. The van der Waals surface area contributed by atoms with Crippen LogP contribution in [0, 0.1) is 5.92 Å².